The summed E-state index contributed by atoms with van der Waals surface area (Å²) in [7, 11) is 0. The molecule has 2 aromatic rings. The van der Waals surface area contributed by atoms with Crippen molar-refractivity contribution in [1.82, 2.24) is 14.8 Å². The van der Waals surface area contributed by atoms with Gasteiger partial charge < -0.3 is 0 Å². The highest BCUT2D eigenvalue weighted by Crippen LogP contribution is 2.19. The molecule has 0 aliphatic heterocycles. The van der Waals surface area contributed by atoms with Gasteiger partial charge in [-0.3, -0.25) is 14.8 Å². The Hall–Kier alpha value is -1.95. The van der Waals surface area contributed by atoms with E-state index in [0.717, 1.165) is 37.8 Å². The van der Waals surface area contributed by atoms with Gasteiger partial charge in [0.2, 0.25) is 0 Å². The number of hydrogen-bond donors (Lipinski definition) is 0. The standard InChI is InChI=1S/C14H17ClN4O2/c15-9-3-1-2-4-10-18-11-16-14(17-18)12-5-7-13(8-6-12)19(20)21/h5-8,11H,1-4,9-10H2. The number of rotatable bonds is 8. The van der Waals surface area contributed by atoms with Crippen LogP contribution in [-0.4, -0.2) is 25.6 Å². The third kappa shape index (κ3) is 4.53. The topological polar surface area (TPSA) is 73.8 Å². The highest BCUT2D eigenvalue weighted by atomic mass is 35.5. The lowest BCUT2D eigenvalue weighted by molar-refractivity contribution is -0.384. The van der Waals surface area contributed by atoms with Crippen LogP contribution in [0.2, 0.25) is 0 Å². The van der Waals surface area contributed by atoms with Crippen LogP contribution in [0.5, 0.6) is 0 Å². The third-order valence-electron chi connectivity index (χ3n) is 3.14. The molecule has 112 valence electrons. The molecule has 7 heteroatoms. The Bertz CT molecular complexity index is 583. The van der Waals surface area contributed by atoms with Gasteiger partial charge >= 0.3 is 0 Å². The molecule has 1 heterocycles. The maximum atomic E-state index is 10.6. The molecule has 0 atom stereocenters. The van der Waals surface area contributed by atoms with E-state index in [0.29, 0.717) is 11.7 Å². The zero-order valence-corrected chi connectivity index (χ0v) is 12.4. The van der Waals surface area contributed by atoms with Crippen LogP contribution < -0.4 is 0 Å². The Morgan fingerprint density at radius 3 is 2.52 bits per heavy atom. The normalized spacial score (nSPS) is 10.7. The first-order valence-electron chi connectivity index (χ1n) is 6.91. The Morgan fingerprint density at radius 2 is 1.86 bits per heavy atom. The van der Waals surface area contributed by atoms with E-state index in [1.807, 2.05) is 0 Å². The molecule has 0 spiro atoms. The molecule has 0 radical (unpaired) electrons. The number of nitrogens with zero attached hydrogens (tertiary/aromatic N) is 4. The van der Waals surface area contributed by atoms with Gasteiger partial charge in [-0.1, -0.05) is 12.8 Å². The monoisotopic (exact) mass is 308 g/mol. The molecule has 0 amide bonds. The van der Waals surface area contributed by atoms with Gasteiger partial charge in [-0.2, -0.15) is 5.10 Å². The van der Waals surface area contributed by atoms with Gasteiger partial charge in [0.05, 0.1) is 4.92 Å². The van der Waals surface area contributed by atoms with Gasteiger partial charge in [-0.15, -0.1) is 11.6 Å². The molecule has 0 aliphatic carbocycles. The van der Waals surface area contributed by atoms with E-state index in [2.05, 4.69) is 10.1 Å². The first kappa shape index (κ1) is 15.4. The number of nitro benzene ring substituents is 1. The Kier molecular flexibility index (Phi) is 5.68. The smallest absolute Gasteiger partial charge is 0.258 e. The van der Waals surface area contributed by atoms with Crippen LogP contribution in [0.4, 0.5) is 5.69 Å². The number of benzene rings is 1. The summed E-state index contributed by atoms with van der Waals surface area (Å²) in [5.74, 6) is 1.30. The number of alkyl halides is 1. The lowest BCUT2D eigenvalue weighted by Crippen LogP contribution is -1.99. The minimum absolute atomic E-state index is 0.0671. The molecule has 0 unspecified atom stereocenters. The summed E-state index contributed by atoms with van der Waals surface area (Å²) in [6, 6.07) is 6.25. The zero-order valence-electron chi connectivity index (χ0n) is 11.6. The number of aromatic nitrogens is 3. The molecule has 6 nitrogen and oxygen atoms in total. The Balaban J connectivity index is 1.91. The molecular weight excluding hydrogens is 292 g/mol. The van der Waals surface area contributed by atoms with E-state index in [1.165, 1.54) is 12.1 Å². The molecule has 1 aromatic heterocycles. The van der Waals surface area contributed by atoms with E-state index < -0.39 is 4.92 Å². The molecular formula is C14H17ClN4O2. The first-order chi connectivity index (χ1) is 10.2. The van der Waals surface area contributed by atoms with Gasteiger partial charge in [0.1, 0.15) is 6.33 Å². The van der Waals surface area contributed by atoms with Crippen molar-refractivity contribution in [3.63, 3.8) is 0 Å². The van der Waals surface area contributed by atoms with Crippen LogP contribution in [0.3, 0.4) is 0 Å². The summed E-state index contributed by atoms with van der Waals surface area (Å²) in [6.07, 6.45) is 6.04. The van der Waals surface area contributed by atoms with E-state index in [1.54, 1.807) is 23.1 Å². The number of hydrogen-bond acceptors (Lipinski definition) is 4. The number of nitro groups is 1. The molecule has 0 saturated heterocycles. The van der Waals surface area contributed by atoms with E-state index in [4.69, 9.17) is 11.6 Å². The second-order valence-corrected chi connectivity index (χ2v) is 5.12. The van der Waals surface area contributed by atoms with Gasteiger partial charge in [0.25, 0.3) is 5.69 Å². The molecule has 0 bridgehead atoms. The van der Waals surface area contributed by atoms with Crippen LogP contribution in [-0.2, 0) is 6.54 Å². The van der Waals surface area contributed by atoms with Crippen molar-refractivity contribution in [2.45, 2.75) is 32.2 Å². The van der Waals surface area contributed by atoms with E-state index in [9.17, 15) is 10.1 Å². The molecule has 0 fully saturated rings. The predicted octanol–water partition coefficient (Wildman–Crippen LogP) is 3.65. The lowest BCUT2D eigenvalue weighted by Gasteiger charge is -2.00. The summed E-state index contributed by atoms with van der Waals surface area (Å²) in [6.45, 7) is 0.822. The minimum Gasteiger partial charge on any atom is -0.258 e. The van der Waals surface area contributed by atoms with Gasteiger partial charge in [0.15, 0.2) is 5.82 Å². The second kappa shape index (κ2) is 7.73. The average molecular weight is 309 g/mol. The molecule has 2 rings (SSSR count). The highest BCUT2D eigenvalue weighted by Gasteiger charge is 2.08. The third-order valence-corrected chi connectivity index (χ3v) is 3.41. The fourth-order valence-corrected chi connectivity index (χ4v) is 2.18. The van der Waals surface area contributed by atoms with Gasteiger partial charge in [-0.25, -0.2) is 4.98 Å². The fourth-order valence-electron chi connectivity index (χ4n) is 1.99. The van der Waals surface area contributed by atoms with Crippen molar-refractivity contribution in [3.05, 3.63) is 40.7 Å². The molecule has 0 saturated carbocycles. The minimum atomic E-state index is -0.420. The summed E-state index contributed by atoms with van der Waals surface area (Å²) >= 11 is 5.63. The Morgan fingerprint density at radius 1 is 1.14 bits per heavy atom. The second-order valence-electron chi connectivity index (χ2n) is 4.74. The molecule has 0 aliphatic rings. The quantitative estimate of drug-likeness (QED) is 0.323. The van der Waals surface area contributed by atoms with Gasteiger partial charge in [-0.05, 0) is 25.0 Å². The maximum Gasteiger partial charge on any atom is 0.269 e. The van der Waals surface area contributed by atoms with Crippen LogP contribution in [0.25, 0.3) is 11.4 Å². The van der Waals surface area contributed by atoms with E-state index in [-0.39, 0.29) is 5.69 Å². The molecule has 0 N–H and O–H groups in total. The number of unbranched alkanes of at least 4 members (excludes halogenated alkanes) is 3. The summed E-state index contributed by atoms with van der Waals surface area (Å²) < 4.78 is 1.80. The SMILES string of the molecule is O=[N+]([O-])c1ccc(-c2ncn(CCCCCCCl)n2)cc1. The summed E-state index contributed by atoms with van der Waals surface area (Å²) in [4.78, 5) is 14.4. The predicted molar refractivity (Wildman–Crippen MR) is 81.3 cm³/mol. The largest absolute Gasteiger partial charge is 0.269 e. The highest BCUT2D eigenvalue weighted by molar-refractivity contribution is 6.17. The number of non-ortho nitro benzene ring substituents is 1. The lowest BCUT2D eigenvalue weighted by atomic mass is 10.2. The van der Waals surface area contributed by atoms with Gasteiger partial charge in [0, 0.05) is 30.1 Å². The average Bonchev–Trinajstić information content (AvgIpc) is 2.96. The van der Waals surface area contributed by atoms with Crippen LogP contribution >= 0.6 is 11.6 Å². The van der Waals surface area contributed by atoms with Crippen molar-refractivity contribution in [2.75, 3.05) is 5.88 Å². The van der Waals surface area contributed by atoms with Crippen molar-refractivity contribution >= 4 is 17.3 Å². The maximum absolute atomic E-state index is 10.6. The summed E-state index contributed by atoms with van der Waals surface area (Å²) in [5, 5.41) is 15.0. The van der Waals surface area contributed by atoms with Crippen LogP contribution in [0.1, 0.15) is 25.7 Å². The van der Waals surface area contributed by atoms with Crippen molar-refractivity contribution in [3.8, 4) is 11.4 Å². The molecule has 1 aromatic carbocycles. The van der Waals surface area contributed by atoms with Crippen molar-refractivity contribution in [2.24, 2.45) is 0 Å². The number of aryl methyl sites for hydroxylation is 1. The summed E-state index contributed by atoms with van der Waals surface area (Å²) in [5.41, 5.74) is 0.846. The van der Waals surface area contributed by atoms with Crippen LogP contribution in [0.15, 0.2) is 30.6 Å². The Labute approximate surface area is 127 Å². The first-order valence-corrected chi connectivity index (χ1v) is 7.44. The fraction of sp³-hybridized carbons (Fsp3) is 0.429. The van der Waals surface area contributed by atoms with Crippen molar-refractivity contribution < 1.29 is 4.92 Å². The zero-order chi connectivity index (χ0) is 15.1. The van der Waals surface area contributed by atoms with Crippen molar-refractivity contribution in [1.29, 1.82) is 0 Å². The van der Waals surface area contributed by atoms with E-state index >= 15 is 0 Å². The molecule has 21 heavy (non-hydrogen) atoms. The van der Waals surface area contributed by atoms with Crippen LogP contribution in [0, 0.1) is 10.1 Å². The number of halogens is 1.